The van der Waals surface area contributed by atoms with E-state index in [1.54, 1.807) is 0 Å². The maximum absolute atomic E-state index is 5.43. The van der Waals surface area contributed by atoms with E-state index in [0.29, 0.717) is 5.95 Å². The van der Waals surface area contributed by atoms with Gasteiger partial charge in [-0.05, 0) is 38.0 Å². The largest absolute Gasteiger partial charge is 0.367 e. The Morgan fingerprint density at radius 1 is 1.12 bits per heavy atom. The van der Waals surface area contributed by atoms with Gasteiger partial charge in [-0.3, -0.25) is 10.1 Å². The highest BCUT2D eigenvalue weighted by atomic mass is 15.3. The summed E-state index contributed by atoms with van der Waals surface area (Å²) in [5, 5.41) is 6.60. The highest BCUT2D eigenvalue weighted by Crippen LogP contribution is 2.08. The van der Waals surface area contributed by atoms with Crippen LogP contribution in [-0.2, 0) is 12.8 Å². The molecule has 0 unspecified atom stereocenters. The summed E-state index contributed by atoms with van der Waals surface area (Å²) in [4.78, 5) is 8.40. The average Bonchev–Trinajstić information content (AvgIpc) is 2.60. The first-order chi connectivity index (χ1) is 7.63. The third kappa shape index (κ3) is 2.56. The molecule has 0 aliphatic carbocycles. The van der Waals surface area contributed by atoms with Crippen molar-refractivity contribution < 1.29 is 0 Å². The van der Waals surface area contributed by atoms with Crippen molar-refractivity contribution in [1.29, 1.82) is 0 Å². The van der Waals surface area contributed by atoms with Gasteiger partial charge in [0.1, 0.15) is 5.82 Å². The number of nitrogens with zero attached hydrogens (tertiary/aromatic N) is 3. The van der Waals surface area contributed by atoms with Gasteiger partial charge in [-0.25, -0.2) is 0 Å². The lowest BCUT2D eigenvalue weighted by Crippen LogP contribution is -1.97. The summed E-state index contributed by atoms with van der Waals surface area (Å²) in [5.74, 6) is 1.13. The number of aromatic amines is 1. The van der Waals surface area contributed by atoms with E-state index >= 15 is 0 Å². The van der Waals surface area contributed by atoms with Crippen LogP contribution in [0.25, 0.3) is 0 Å². The van der Waals surface area contributed by atoms with Gasteiger partial charge in [0.05, 0.1) is 0 Å². The van der Waals surface area contributed by atoms with Gasteiger partial charge in [0, 0.05) is 17.8 Å². The minimum atomic E-state index is 0.303. The van der Waals surface area contributed by atoms with E-state index in [1.165, 1.54) is 5.56 Å². The van der Waals surface area contributed by atoms with Crippen molar-refractivity contribution in [1.82, 2.24) is 20.2 Å². The van der Waals surface area contributed by atoms with Crippen molar-refractivity contribution in [3.05, 3.63) is 34.9 Å². The van der Waals surface area contributed by atoms with Crippen LogP contribution >= 0.6 is 0 Å². The van der Waals surface area contributed by atoms with Crippen LogP contribution < -0.4 is 5.73 Å². The standard InChI is InChI=1S/C11H15N5/c1-7-5-9(6-8(2)13-7)3-4-10-14-11(12)16-15-10/h5-6H,3-4H2,1-2H3,(H3,12,14,15,16). The van der Waals surface area contributed by atoms with Crippen molar-refractivity contribution in [2.24, 2.45) is 0 Å². The van der Waals surface area contributed by atoms with E-state index in [-0.39, 0.29) is 0 Å². The first kappa shape index (κ1) is 10.6. The van der Waals surface area contributed by atoms with Gasteiger partial charge in [0.2, 0.25) is 5.95 Å². The van der Waals surface area contributed by atoms with Gasteiger partial charge in [0.25, 0.3) is 0 Å². The van der Waals surface area contributed by atoms with Crippen LogP contribution in [0.1, 0.15) is 22.8 Å². The number of nitrogens with two attached hydrogens (primary N) is 1. The molecular formula is C11H15N5. The Morgan fingerprint density at radius 2 is 1.81 bits per heavy atom. The zero-order valence-electron chi connectivity index (χ0n) is 9.49. The van der Waals surface area contributed by atoms with Crippen molar-refractivity contribution in [2.75, 3.05) is 5.73 Å². The molecule has 0 spiro atoms. The molecule has 84 valence electrons. The Morgan fingerprint density at radius 3 is 2.38 bits per heavy atom. The van der Waals surface area contributed by atoms with E-state index in [9.17, 15) is 0 Å². The smallest absolute Gasteiger partial charge is 0.239 e. The molecule has 0 aliphatic rings. The van der Waals surface area contributed by atoms with Crippen molar-refractivity contribution >= 4 is 5.95 Å². The van der Waals surface area contributed by atoms with Gasteiger partial charge < -0.3 is 5.73 Å². The lowest BCUT2D eigenvalue weighted by Gasteiger charge is -2.02. The third-order valence-electron chi connectivity index (χ3n) is 2.34. The molecule has 0 amide bonds. The highest BCUT2D eigenvalue weighted by molar-refractivity contribution is 5.21. The number of hydrogen-bond acceptors (Lipinski definition) is 4. The molecule has 2 heterocycles. The van der Waals surface area contributed by atoms with E-state index in [1.807, 2.05) is 13.8 Å². The normalized spacial score (nSPS) is 10.6. The van der Waals surface area contributed by atoms with Gasteiger partial charge in [-0.2, -0.15) is 4.98 Å². The van der Waals surface area contributed by atoms with Crippen LogP contribution in [0.2, 0.25) is 0 Å². The SMILES string of the molecule is Cc1cc(CCc2nc(N)n[nH]2)cc(C)n1. The molecule has 0 saturated carbocycles. The van der Waals surface area contributed by atoms with E-state index in [4.69, 9.17) is 5.73 Å². The molecule has 0 atom stereocenters. The fourth-order valence-corrected chi connectivity index (χ4v) is 1.75. The monoisotopic (exact) mass is 217 g/mol. The lowest BCUT2D eigenvalue weighted by molar-refractivity contribution is 0.859. The summed E-state index contributed by atoms with van der Waals surface area (Å²) in [6.07, 6.45) is 1.73. The van der Waals surface area contributed by atoms with Gasteiger partial charge in [-0.1, -0.05) is 0 Å². The Hall–Kier alpha value is -1.91. The van der Waals surface area contributed by atoms with E-state index in [2.05, 4.69) is 32.3 Å². The fourth-order valence-electron chi connectivity index (χ4n) is 1.75. The van der Waals surface area contributed by atoms with Crippen molar-refractivity contribution in [3.8, 4) is 0 Å². The number of nitrogen functional groups attached to an aromatic ring is 1. The van der Waals surface area contributed by atoms with Crippen LogP contribution in [0.4, 0.5) is 5.95 Å². The van der Waals surface area contributed by atoms with Crippen molar-refractivity contribution in [2.45, 2.75) is 26.7 Å². The second-order valence-corrected chi connectivity index (χ2v) is 3.90. The maximum atomic E-state index is 5.43. The molecule has 16 heavy (non-hydrogen) atoms. The molecule has 0 saturated heterocycles. The number of H-pyrrole nitrogens is 1. The molecule has 5 heteroatoms. The molecular weight excluding hydrogens is 202 g/mol. The number of pyridine rings is 1. The zero-order chi connectivity index (χ0) is 11.5. The number of nitrogens with one attached hydrogen (secondary N) is 1. The summed E-state index contributed by atoms with van der Waals surface area (Å²) < 4.78 is 0. The van der Waals surface area contributed by atoms with Crippen LogP contribution in [0.3, 0.4) is 0 Å². The summed E-state index contributed by atoms with van der Waals surface area (Å²) >= 11 is 0. The van der Waals surface area contributed by atoms with Gasteiger partial charge in [0.15, 0.2) is 0 Å². The Kier molecular flexibility index (Phi) is 2.85. The minimum Gasteiger partial charge on any atom is -0.367 e. The quantitative estimate of drug-likeness (QED) is 0.809. The van der Waals surface area contributed by atoms with Crippen molar-refractivity contribution in [3.63, 3.8) is 0 Å². The molecule has 3 N–H and O–H groups in total. The van der Waals surface area contributed by atoms with Crippen LogP contribution in [0.15, 0.2) is 12.1 Å². The lowest BCUT2D eigenvalue weighted by atomic mass is 10.1. The van der Waals surface area contributed by atoms with Crippen LogP contribution in [0, 0.1) is 13.8 Å². The van der Waals surface area contributed by atoms with Gasteiger partial charge in [-0.15, -0.1) is 5.10 Å². The summed E-state index contributed by atoms with van der Waals surface area (Å²) in [7, 11) is 0. The molecule has 5 nitrogen and oxygen atoms in total. The van der Waals surface area contributed by atoms with Crippen LogP contribution in [-0.4, -0.2) is 20.2 Å². The number of aromatic nitrogens is 4. The first-order valence-corrected chi connectivity index (χ1v) is 5.24. The minimum absolute atomic E-state index is 0.303. The second-order valence-electron chi connectivity index (χ2n) is 3.90. The van der Waals surface area contributed by atoms with Crippen LogP contribution in [0.5, 0.6) is 0 Å². The number of anilines is 1. The predicted molar refractivity (Wildman–Crippen MR) is 61.9 cm³/mol. The average molecular weight is 217 g/mol. The summed E-state index contributed by atoms with van der Waals surface area (Å²) in [6, 6.07) is 4.18. The molecule has 0 fully saturated rings. The Labute approximate surface area is 94.1 Å². The van der Waals surface area contributed by atoms with E-state index in [0.717, 1.165) is 30.1 Å². The number of hydrogen-bond donors (Lipinski definition) is 2. The topological polar surface area (TPSA) is 80.5 Å². The molecule has 2 aromatic heterocycles. The Balaban J connectivity index is 2.04. The molecule has 2 aromatic rings. The molecule has 0 radical (unpaired) electrons. The highest BCUT2D eigenvalue weighted by Gasteiger charge is 2.02. The molecule has 0 aromatic carbocycles. The third-order valence-corrected chi connectivity index (χ3v) is 2.34. The predicted octanol–water partition coefficient (Wildman–Crippen LogP) is 1.18. The number of rotatable bonds is 3. The Bertz CT molecular complexity index is 469. The first-order valence-electron chi connectivity index (χ1n) is 5.24. The summed E-state index contributed by atoms with van der Waals surface area (Å²) in [5.41, 5.74) is 8.79. The number of aryl methyl sites for hydroxylation is 4. The molecule has 2 rings (SSSR count). The molecule has 0 bridgehead atoms. The van der Waals surface area contributed by atoms with E-state index < -0.39 is 0 Å². The molecule has 0 aliphatic heterocycles. The summed E-state index contributed by atoms with van der Waals surface area (Å²) in [6.45, 7) is 4.01. The fraction of sp³-hybridized carbons (Fsp3) is 0.364. The second kappa shape index (κ2) is 4.30. The zero-order valence-corrected chi connectivity index (χ0v) is 9.49. The maximum Gasteiger partial charge on any atom is 0.239 e. The van der Waals surface area contributed by atoms with Gasteiger partial charge >= 0.3 is 0 Å².